The van der Waals surface area contributed by atoms with Gasteiger partial charge in [-0.2, -0.15) is 0 Å². The number of hydrogen-bond donors (Lipinski definition) is 0. The van der Waals surface area contributed by atoms with Crippen molar-refractivity contribution >= 4 is 5.97 Å². The van der Waals surface area contributed by atoms with Crippen molar-refractivity contribution in [1.82, 2.24) is 9.97 Å². The highest BCUT2D eigenvalue weighted by atomic mass is 19.1. The molecule has 2 aromatic rings. The first-order chi connectivity index (χ1) is 14.1. The third-order valence-electron chi connectivity index (χ3n) is 5.74. The molecule has 0 radical (unpaired) electrons. The minimum absolute atomic E-state index is 0.0241. The lowest BCUT2D eigenvalue weighted by molar-refractivity contribution is 0.0157. The Labute approximate surface area is 172 Å². The van der Waals surface area contributed by atoms with E-state index in [9.17, 15) is 9.18 Å². The number of unbranched alkanes of at least 4 members (excludes halogenated alkanes) is 1. The normalized spacial score (nSPS) is 19.1. The summed E-state index contributed by atoms with van der Waals surface area (Å²) in [6, 6.07) is 4.47. The van der Waals surface area contributed by atoms with E-state index in [0.717, 1.165) is 56.4 Å². The van der Waals surface area contributed by atoms with Crippen LogP contribution in [0, 0.1) is 11.7 Å². The van der Waals surface area contributed by atoms with Gasteiger partial charge in [0, 0.05) is 18.0 Å². The van der Waals surface area contributed by atoms with Crippen LogP contribution in [0.25, 0.3) is 11.4 Å². The molecule has 0 unspecified atom stereocenters. The minimum Gasteiger partial charge on any atom is -0.459 e. The molecule has 0 amide bonds. The van der Waals surface area contributed by atoms with Crippen molar-refractivity contribution in [3.05, 3.63) is 47.5 Å². The quantitative estimate of drug-likeness (QED) is 0.501. The summed E-state index contributed by atoms with van der Waals surface area (Å²) in [6.45, 7) is 4.34. The number of halogens is 1. The molecule has 0 N–H and O–H groups in total. The Bertz CT molecular complexity index is 799. The monoisotopic (exact) mass is 398 g/mol. The maximum atomic E-state index is 14.6. The first-order valence-corrected chi connectivity index (χ1v) is 10.9. The number of carbonyl (C=O) groups is 1. The van der Waals surface area contributed by atoms with Crippen LogP contribution in [0.3, 0.4) is 0 Å². The number of aromatic nitrogens is 2. The van der Waals surface area contributed by atoms with E-state index in [0.29, 0.717) is 11.4 Å². The first-order valence-electron chi connectivity index (χ1n) is 10.9. The summed E-state index contributed by atoms with van der Waals surface area (Å²) in [6.07, 6.45) is 12.9. The van der Waals surface area contributed by atoms with Crippen molar-refractivity contribution in [2.24, 2.45) is 5.92 Å². The number of esters is 1. The van der Waals surface area contributed by atoms with Crippen LogP contribution < -0.4 is 0 Å². The summed E-state index contributed by atoms with van der Waals surface area (Å²) in [7, 11) is 0. The van der Waals surface area contributed by atoms with E-state index in [1.165, 1.54) is 25.0 Å². The van der Waals surface area contributed by atoms with Gasteiger partial charge in [0.05, 0.1) is 5.56 Å². The zero-order valence-electron chi connectivity index (χ0n) is 17.5. The molecule has 156 valence electrons. The maximum absolute atomic E-state index is 14.6. The molecule has 5 heteroatoms. The van der Waals surface area contributed by atoms with Crippen LogP contribution in [0.4, 0.5) is 4.39 Å². The highest BCUT2D eigenvalue weighted by Crippen LogP contribution is 2.30. The second-order valence-electron chi connectivity index (χ2n) is 8.05. The van der Waals surface area contributed by atoms with E-state index in [-0.39, 0.29) is 11.7 Å². The average molecular weight is 399 g/mol. The fourth-order valence-electron chi connectivity index (χ4n) is 4.00. The topological polar surface area (TPSA) is 52.1 Å². The molecule has 1 fully saturated rings. The number of hydrogen-bond acceptors (Lipinski definition) is 4. The van der Waals surface area contributed by atoms with E-state index in [2.05, 4.69) is 23.8 Å². The molecule has 1 heterocycles. The van der Waals surface area contributed by atoms with E-state index < -0.39 is 11.8 Å². The van der Waals surface area contributed by atoms with Crippen LogP contribution in [-0.2, 0) is 11.2 Å². The van der Waals surface area contributed by atoms with Gasteiger partial charge in [-0.25, -0.2) is 19.2 Å². The number of benzene rings is 1. The smallest absolute Gasteiger partial charge is 0.341 e. The molecule has 0 aliphatic heterocycles. The van der Waals surface area contributed by atoms with Gasteiger partial charge in [-0.05, 0) is 62.1 Å². The molecule has 3 rings (SSSR count). The molecule has 0 saturated heterocycles. The Kier molecular flexibility index (Phi) is 7.73. The van der Waals surface area contributed by atoms with Gasteiger partial charge in [0.15, 0.2) is 5.82 Å². The molecule has 1 aliphatic rings. The molecule has 0 spiro atoms. The Morgan fingerprint density at radius 3 is 2.45 bits per heavy atom. The second kappa shape index (κ2) is 10.5. The van der Waals surface area contributed by atoms with Crippen LogP contribution in [0.2, 0.25) is 0 Å². The molecule has 1 saturated carbocycles. The number of aryl methyl sites for hydroxylation is 1. The minimum atomic E-state index is -0.592. The zero-order valence-corrected chi connectivity index (χ0v) is 17.5. The Morgan fingerprint density at radius 2 is 1.83 bits per heavy atom. The Morgan fingerprint density at radius 1 is 1.10 bits per heavy atom. The highest BCUT2D eigenvalue weighted by Gasteiger charge is 2.25. The van der Waals surface area contributed by atoms with Gasteiger partial charge in [0.1, 0.15) is 11.9 Å². The maximum Gasteiger partial charge on any atom is 0.341 e. The number of carbonyl (C=O) groups excluding carboxylic acids is 1. The largest absolute Gasteiger partial charge is 0.459 e. The second-order valence-corrected chi connectivity index (χ2v) is 8.05. The fraction of sp³-hybridized carbons (Fsp3) is 0.542. The van der Waals surface area contributed by atoms with Gasteiger partial charge >= 0.3 is 5.97 Å². The third kappa shape index (κ3) is 5.84. The Balaban J connectivity index is 1.61. The van der Waals surface area contributed by atoms with Crippen LogP contribution in [-0.4, -0.2) is 22.0 Å². The fourth-order valence-corrected chi connectivity index (χ4v) is 4.00. The predicted molar refractivity (Wildman–Crippen MR) is 112 cm³/mol. The first kappa shape index (κ1) is 21.4. The van der Waals surface area contributed by atoms with E-state index >= 15 is 0 Å². The van der Waals surface area contributed by atoms with E-state index in [1.54, 1.807) is 18.5 Å². The molecular weight excluding hydrogens is 367 g/mol. The zero-order chi connectivity index (χ0) is 20.6. The molecule has 29 heavy (non-hydrogen) atoms. The van der Waals surface area contributed by atoms with Gasteiger partial charge in [0.25, 0.3) is 0 Å². The van der Waals surface area contributed by atoms with Crippen LogP contribution >= 0.6 is 0 Å². The van der Waals surface area contributed by atoms with Gasteiger partial charge in [-0.1, -0.05) is 39.2 Å². The number of ether oxygens (including phenoxy) is 1. The summed E-state index contributed by atoms with van der Waals surface area (Å²) in [4.78, 5) is 21.1. The van der Waals surface area contributed by atoms with Crippen LogP contribution in [0.5, 0.6) is 0 Å². The molecule has 0 atom stereocenters. The van der Waals surface area contributed by atoms with Crippen molar-refractivity contribution in [2.45, 2.75) is 77.7 Å². The number of rotatable bonds is 8. The molecular formula is C24H31FN2O2. The van der Waals surface area contributed by atoms with Crippen molar-refractivity contribution < 1.29 is 13.9 Å². The highest BCUT2D eigenvalue weighted by molar-refractivity contribution is 5.90. The lowest BCUT2D eigenvalue weighted by Crippen LogP contribution is -2.25. The van der Waals surface area contributed by atoms with Gasteiger partial charge in [-0.3, -0.25) is 0 Å². The van der Waals surface area contributed by atoms with Gasteiger partial charge in [0.2, 0.25) is 0 Å². The van der Waals surface area contributed by atoms with Crippen LogP contribution in [0.15, 0.2) is 30.6 Å². The van der Waals surface area contributed by atoms with Crippen molar-refractivity contribution in [1.29, 1.82) is 0 Å². The van der Waals surface area contributed by atoms with E-state index in [4.69, 9.17) is 4.74 Å². The standard InChI is InChI=1S/C24H31FN2O2/c1-3-5-7-18-15-26-23(27-16-18)19-10-13-21(22(25)14-19)24(28)29-20-11-8-17(6-4-2)9-12-20/h10,13-17,20H,3-9,11-12H2,1-2H3/t17-,20-. The third-order valence-corrected chi connectivity index (χ3v) is 5.74. The summed E-state index contributed by atoms with van der Waals surface area (Å²) < 4.78 is 20.2. The summed E-state index contributed by atoms with van der Waals surface area (Å²) in [5, 5.41) is 0. The molecule has 4 nitrogen and oxygen atoms in total. The molecule has 1 aromatic carbocycles. The number of nitrogens with zero attached hydrogens (tertiary/aromatic N) is 2. The summed E-state index contributed by atoms with van der Waals surface area (Å²) in [5.41, 5.74) is 1.61. The van der Waals surface area contributed by atoms with Crippen molar-refractivity contribution in [2.75, 3.05) is 0 Å². The van der Waals surface area contributed by atoms with Crippen LogP contribution in [0.1, 0.15) is 81.1 Å². The summed E-state index contributed by atoms with van der Waals surface area (Å²) >= 11 is 0. The summed E-state index contributed by atoms with van der Waals surface area (Å²) in [5.74, 6) is 0.0206. The van der Waals surface area contributed by atoms with E-state index in [1.807, 2.05) is 0 Å². The predicted octanol–water partition coefficient (Wildman–Crippen LogP) is 6.14. The lowest BCUT2D eigenvalue weighted by Gasteiger charge is -2.28. The molecule has 0 bridgehead atoms. The van der Waals surface area contributed by atoms with Gasteiger partial charge in [-0.15, -0.1) is 0 Å². The van der Waals surface area contributed by atoms with Crippen molar-refractivity contribution in [3.8, 4) is 11.4 Å². The molecule has 1 aliphatic carbocycles. The lowest BCUT2D eigenvalue weighted by atomic mass is 9.85. The average Bonchev–Trinajstić information content (AvgIpc) is 2.74. The SMILES string of the molecule is CCCCc1cnc(-c2ccc(C(=O)O[C@H]3CC[C@H](CCC)CC3)c(F)c2)nc1. The molecule has 1 aromatic heterocycles. The van der Waals surface area contributed by atoms with Gasteiger partial charge < -0.3 is 4.74 Å². The Hall–Kier alpha value is -2.30. The van der Waals surface area contributed by atoms with Crippen molar-refractivity contribution in [3.63, 3.8) is 0 Å².